The molecule has 1 rings (SSSR count). The summed E-state index contributed by atoms with van der Waals surface area (Å²) in [6.45, 7) is 6.82. The van der Waals surface area contributed by atoms with Crippen LogP contribution in [0, 0.1) is 11.8 Å². The number of rotatable bonds is 6. The van der Waals surface area contributed by atoms with Gasteiger partial charge in [-0.15, -0.1) is 0 Å². The van der Waals surface area contributed by atoms with Crippen molar-refractivity contribution in [2.45, 2.75) is 33.2 Å². The van der Waals surface area contributed by atoms with Gasteiger partial charge in [-0.3, -0.25) is 0 Å². The molecule has 0 spiro atoms. The van der Waals surface area contributed by atoms with E-state index in [1.807, 2.05) is 19.2 Å². The van der Waals surface area contributed by atoms with Crippen LogP contribution in [-0.2, 0) is 6.42 Å². The monoisotopic (exact) mass is 235 g/mol. The van der Waals surface area contributed by atoms with E-state index in [1.165, 1.54) is 5.56 Å². The van der Waals surface area contributed by atoms with Crippen LogP contribution in [0.4, 0.5) is 0 Å². The average molecular weight is 235 g/mol. The van der Waals surface area contributed by atoms with E-state index in [0.29, 0.717) is 17.9 Å². The Morgan fingerprint density at radius 1 is 1.18 bits per heavy atom. The second-order valence-corrected chi connectivity index (χ2v) is 5.00. The fraction of sp³-hybridized carbons (Fsp3) is 0.600. The Balaban J connectivity index is 2.85. The lowest BCUT2D eigenvalue weighted by Gasteiger charge is -2.28. The Bertz CT molecular complexity index is 335. The van der Waals surface area contributed by atoms with Gasteiger partial charge in [0.05, 0.1) is 7.11 Å². The van der Waals surface area contributed by atoms with Crippen LogP contribution >= 0.6 is 0 Å². The third kappa shape index (κ3) is 3.74. The van der Waals surface area contributed by atoms with E-state index in [9.17, 15) is 0 Å². The summed E-state index contributed by atoms with van der Waals surface area (Å²) in [7, 11) is 3.77. The van der Waals surface area contributed by atoms with Gasteiger partial charge in [-0.2, -0.15) is 0 Å². The molecule has 1 aromatic carbocycles. The van der Waals surface area contributed by atoms with Gasteiger partial charge in [-0.1, -0.05) is 32.0 Å². The van der Waals surface area contributed by atoms with Gasteiger partial charge in [0.1, 0.15) is 5.75 Å². The molecule has 2 unspecified atom stereocenters. The molecule has 0 aromatic heterocycles. The highest BCUT2D eigenvalue weighted by molar-refractivity contribution is 5.33. The van der Waals surface area contributed by atoms with Crippen molar-refractivity contribution in [3.63, 3.8) is 0 Å². The Hall–Kier alpha value is -1.02. The van der Waals surface area contributed by atoms with Crippen LogP contribution < -0.4 is 10.1 Å². The number of hydrogen-bond acceptors (Lipinski definition) is 2. The van der Waals surface area contributed by atoms with Gasteiger partial charge >= 0.3 is 0 Å². The lowest BCUT2D eigenvalue weighted by molar-refractivity contribution is 0.296. The lowest BCUT2D eigenvalue weighted by Crippen LogP contribution is -2.35. The molecule has 1 aromatic rings. The highest BCUT2D eigenvalue weighted by Crippen LogP contribution is 2.26. The molecule has 0 radical (unpaired) electrons. The predicted octanol–water partition coefficient (Wildman–Crippen LogP) is 3.12. The minimum absolute atomic E-state index is 0.514. The van der Waals surface area contributed by atoms with Crippen LogP contribution in [0.25, 0.3) is 0 Å². The Morgan fingerprint density at radius 3 is 2.35 bits per heavy atom. The normalized spacial score (nSPS) is 14.7. The molecule has 2 heteroatoms. The van der Waals surface area contributed by atoms with Crippen molar-refractivity contribution in [1.29, 1.82) is 0 Å². The molecule has 0 aliphatic rings. The summed E-state index contributed by atoms with van der Waals surface area (Å²) in [5.74, 6) is 2.28. The van der Waals surface area contributed by atoms with Crippen molar-refractivity contribution < 1.29 is 4.74 Å². The Labute approximate surface area is 105 Å². The molecular formula is C15H25NO. The zero-order valence-corrected chi connectivity index (χ0v) is 11.7. The van der Waals surface area contributed by atoms with Crippen LogP contribution in [-0.4, -0.2) is 20.2 Å². The number of ether oxygens (including phenoxy) is 1. The zero-order chi connectivity index (χ0) is 12.8. The first kappa shape index (κ1) is 14.0. The maximum absolute atomic E-state index is 5.42. The van der Waals surface area contributed by atoms with E-state index in [2.05, 4.69) is 38.2 Å². The lowest BCUT2D eigenvalue weighted by atomic mass is 9.84. The molecule has 0 aliphatic heterocycles. The summed E-state index contributed by atoms with van der Waals surface area (Å²) in [5, 5.41) is 3.36. The van der Waals surface area contributed by atoms with Gasteiger partial charge in [0.15, 0.2) is 0 Å². The molecule has 17 heavy (non-hydrogen) atoms. The number of nitrogens with one attached hydrogen (secondary N) is 1. The van der Waals surface area contributed by atoms with Crippen LogP contribution in [0.5, 0.6) is 5.75 Å². The first-order chi connectivity index (χ1) is 8.10. The van der Waals surface area contributed by atoms with E-state index < -0.39 is 0 Å². The predicted molar refractivity (Wildman–Crippen MR) is 73.5 cm³/mol. The minimum Gasteiger partial charge on any atom is -0.496 e. The number of hydrogen-bond donors (Lipinski definition) is 1. The number of benzene rings is 1. The summed E-state index contributed by atoms with van der Waals surface area (Å²) in [6, 6.07) is 8.82. The first-order valence-electron chi connectivity index (χ1n) is 6.39. The van der Waals surface area contributed by atoms with E-state index in [1.54, 1.807) is 7.11 Å². The molecule has 0 heterocycles. The van der Waals surface area contributed by atoms with Gasteiger partial charge in [0, 0.05) is 6.04 Å². The van der Waals surface area contributed by atoms with Crippen LogP contribution in [0.2, 0.25) is 0 Å². The summed E-state index contributed by atoms with van der Waals surface area (Å²) >= 11 is 0. The van der Waals surface area contributed by atoms with Gasteiger partial charge in [-0.05, 0) is 43.9 Å². The molecule has 0 amide bonds. The van der Waals surface area contributed by atoms with Gasteiger partial charge in [0.2, 0.25) is 0 Å². The standard InChI is InChI=1S/C15H25NO/c1-11(2)14(12(3)16-4)10-13-8-6-7-9-15(13)17-5/h6-9,11-12,14,16H,10H2,1-5H3. The second-order valence-electron chi connectivity index (χ2n) is 5.00. The Kier molecular flexibility index (Phi) is 5.49. The molecule has 2 nitrogen and oxygen atoms in total. The van der Waals surface area contributed by atoms with E-state index in [-0.39, 0.29) is 0 Å². The summed E-state index contributed by atoms with van der Waals surface area (Å²) in [6.07, 6.45) is 1.06. The van der Waals surface area contributed by atoms with E-state index in [0.717, 1.165) is 12.2 Å². The van der Waals surface area contributed by atoms with Gasteiger partial charge in [-0.25, -0.2) is 0 Å². The second kappa shape index (κ2) is 6.65. The van der Waals surface area contributed by atoms with Gasteiger partial charge < -0.3 is 10.1 Å². The topological polar surface area (TPSA) is 21.3 Å². The fourth-order valence-corrected chi connectivity index (χ4v) is 2.33. The van der Waals surface area contributed by atoms with Crippen molar-refractivity contribution in [3.8, 4) is 5.75 Å². The van der Waals surface area contributed by atoms with E-state index in [4.69, 9.17) is 4.74 Å². The fourth-order valence-electron chi connectivity index (χ4n) is 2.33. The quantitative estimate of drug-likeness (QED) is 0.818. The molecule has 2 atom stereocenters. The molecular weight excluding hydrogens is 210 g/mol. The summed E-state index contributed by atoms with van der Waals surface area (Å²) < 4.78 is 5.42. The SMILES string of the molecule is CNC(C)C(Cc1ccccc1OC)C(C)C. The molecule has 1 N–H and O–H groups in total. The van der Waals surface area contributed by atoms with Crippen molar-refractivity contribution in [2.75, 3.05) is 14.2 Å². The molecule has 0 bridgehead atoms. The largest absolute Gasteiger partial charge is 0.496 e. The van der Waals surface area contributed by atoms with E-state index >= 15 is 0 Å². The van der Waals surface area contributed by atoms with Crippen molar-refractivity contribution in [3.05, 3.63) is 29.8 Å². The third-order valence-corrected chi connectivity index (χ3v) is 3.60. The molecule has 0 fully saturated rings. The maximum atomic E-state index is 5.42. The molecule has 0 aliphatic carbocycles. The zero-order valence-electron chi connectivity index (χ0n) is 11.7. The number of methoxy groups -OCH3 is 1. The van der Waals surface area contributed by atoms with Crippen LogP contribution in [0.3, 0.4) is 0 Å². The van der Waals surface area contributed by atoms with Gasteiger partial charge in [0.25, 0.3) is 0 Å². The minimum atomic E-state index is 0.514. The first-order valence-corrected chi connectivity index (χ1v) is 6.39. The smallest absolute Gasteiger partial charge is 0.122 e. The van der Waals surface area contributed by atoms with Crippen molar-refractivity contribution >= 4 is 0 Å². The maximum Gasteiger partial charge on any atom is 0.122 e. The molecule has 0 saturated carbocycles. The van der Waals surface area contributed by atoms with Crippen LogP contribution in [0.1, 0.15) is 26.3 Å². The van der Waals surface area contributed by atoms with Crippen molar-refractivity contribution in [1.82, 2.24) is 5.32 Å². The van der Waals surface area contributed by atoms with Crippen LogP contribution in [0.15, 0.2) is 24.3 Å². The third-order valence-electron chi connectivity index (χ3n) is 3.60. The highest BCUT2D eigenvalue weighted by Gasteiger charge is 2.21. The number of para-hydroxylation sites is 1. The molecule has 0 saturated heterocycles. The average Bonchev–Trinajstić information content (AvgIpc) is 2.35. The van der Waals surface area contributed by atoms with Crippen molar-refractivity contribution in [2.24, 2.45) is 11.8 Å². The summed E-state index contributed by atoms with van der Waals surface area (Å²) in [4.78, 5) is 0. The summed E-state index contributed by atoms with van der Waals surface area (Å²) in [5.41, 5.74) is 1.30. The Morgan fingerprint density at radius 2 is 1.82 bits per heavy atom. The molecule has 96 valence electrons. The highest BCUT2D eigenvalue weighted by atomic mass is 16.5.